The van der Waals surface area contributed by atoms with Crippen LogP contribution in [0.25, 0.3) is 0 Å². The van der Waals surface area contributed by atoms with Gasteiger partial charge >= 0.3 is 0 Å². The smallest absolute Gasteiger partial charge is 0.153 e. The van der Waals surface area contributed by atoms with E-state index < -0.39 is 0 Å². The molecule has 0 amide bonds. The standard InChI is InChI=1S/C4H3ClNS/c1-3-4(5)7-2-6-3/h1H3. The summed E-state index contributed by atoms with van der Waals surface area (Å²) in [6.07, 6.45) is 0. The number of hydrogen-bond acceptors (Lipinski definition) is 2. The molecule has 0 saturated heterocycles. The number of hydrogen-bond donors (Lipinski definition) is 0. The Morgan fingerprint density at radius 1 is 1.86 bits per heavy atom. The van der Waals surface area contributed by atoms with Crippen molar-refractivity contribution in [2.75, 3.05) is 0 Å². The zero-order chi connectivity index (χ0) is 5.28. The third-order valence-corrected chi connectivity index (χ3v) is 1.80. The van der Waals surface area contributed by atoms with Gasteiger partial charge in [0.25, 0.3) is 0 Å². The van der Waals surface area contributed by atoms with E-state index in [0.29, 0.717) is 0 Å². The molecule has 0 saturated carbocycles. The van der Waals surface area contributed by atoms with E-state index in [-0.39, 0.29) is 0 Å². The lowest BCUT2D eigenvalue weighted by Crippen LogP contribution is -1.64. The molecule has 0 N–H and O–H groups in total. The van der Waals surface area contributed by atoms with Crippen molar-refractivity contribution in [1.82, 2.24) is 4.98 Å². The van der Waals surface area contributed by atoms with Crippen molar-refractivity contribution in [3.05, 3.63) is 15.5 Å². The largest absolute Gasteiger partial charge is 0.237 e. The second-order valence-corrected chi connectivity index (χ2v) is 2.56. The van der Waals surface area contributed by atoms with Crippen LogP contribution in [-0.4, -0.2) is 4.98 Å². The van der Waals surface area contributed by atoms with Gasteiger partial charge in [-0.1, -0.05) is 22.9 Å². The summed E-state index contributed by atoms with van der Waals surface area (Å²) in [5.41, 5.74) is 3.52. The normalized spacial score (nSPS) is 9.43. The van der Waals surface area contributed by atoms with Gasteiger partial charge in [0.15, 0.2) is 5.51 Å². The molecule has 1 radical (unpaired) electrons. The van der Waals surface area contributed by atoms with Gasteiger partial charge in [0.1, 0.15) is 4.34 Å². The molecule has 0 aliphatic rings. The van der Waals surface area contributed by atoms with Gasteiger partial charge in [-0.25, -0.2) is 4.98 Å². The molecule has 0 atom stereocenters. The Hall–Kier alpha value is -0.0800. The zero-order valence-corrected chi connectivity index (χ0v) is 5.31. The molecule has 3 heteroatoms. The predicted octanol–water partition coefficient (Wildman–Crippen LogP) is 1.91. The lowest BCUT2D eigenvalue weighted by Gasteiger charge is -1.74. The number of nitrogens with zero attached hydrogens (tertiary/aromatic N) is 1. The third kappa shape index (κ3) is 0.924. The van der Waals surface area contributed by atoms with E-state index in [1.165, 1.54) is 11.3 Å². The van der Waals surface area contributed by atoms with Crippen LogP contribution >= 0.6 is 22.9 Å². The fraction of sp³-hybridized carbons (Fsp3) is 0.250. The quantitative estimate of drug-likeness (QED) is 0.526. The molecule has 1 rings (SSSR count). The van der Waals surface area contributed by atoms with E-state index in [2.05, 4.69) is 10.5 Å². The fourth-order valence-electron chi connectivity index (χ4n) is 0.249. The van der Waals surface area contributed by atoms with Crippen molar-refractivity contribution < 1.29 is 0 Å². The second kappa shape index (κ2) is 1.80. The number of aromatic nitrogens is 1. The summed E-state index contributed by atoms with van der Waals surface area (Å²) in [6, 6.07) is 0. The summed E-state index contributed by atoms with van der Waals surface area (Å²) in [5.74, 6) is 0. The Bertz CT molecular complexity index is 144. The topological polar surface area (TPSA) is 12.9 Å². The molecule has 37 valence electrons. The van der Waals surface area contributed by atoms with Gasteiger partial charge in [-0.3, -0.25) is 0 Å². The van der Waals surface area contributed by atoms with Gasteiger partial charge < -0.3 is 0 Å². The van der Waals surface area contributed by atoms with Crippen LogP contribution in [0, 0.1) is 12.4 Å². The number of aryl methyl sites for hydroxylation is 1. The maximum atomic E-state index is 5.55. The first-order valence-corrected chi connectivity index (χ1v) is 2.99. The van der Waals surface area contributed by atoms with E-state index in [1.807, 2.05) is 6.92 Å². The SMILES string of the molecule is Cc1n[c]sc1Cl. The number of thiazole rings is 1. The average Bonchev–Trinajstić information content (AvgIpc) is 1.91. The van der Waals surface area contributed by atoms with Crippen molar-refractivity contribution in [2.24, 2.45) is 0 Å². The van der Waals surface area contributed by atoms with Crippen LogP contribution in [0.4, 0.5) is 0 Å². The highest BCUT2D eigenvalue weighted by molar-refractivity contribution is 7.13. The average molecular weight is 133 g/mol. The van der Waals surface area contributed by atoms with Gasteiger partial charge in [-0.2, -0.15) is 0 Å². The minimum absolute atomic E-state index is 0.736. The second-order valence-electron chi connectivity index (χ2n) is 1.16. The van der Waals surface area contributed by atoms with E-state index in [4.69, 9.17) is 11.6 Å². The summed E-state index contributed by atoms with van der Waals surface area (Å²) >= 11 is 6.88. The van der Waals surface area contributed by atoms with Crippen LogP contribution in [-0.2, 0) is 0 Å². The van der Waals surface area contributed by atoms with Gasteiger partial charge in [0.2, 0.25) is 0 Å². The summed E-state index contributed by atoms with van der Waals surface area (Å²) in [6.45, 7) is 1.86. The predicted molar refractivity (Wildman–Crippen MR) is 30.7 cm³/mol. The lowest BCUT2D eigenvalue weighted by molar-refractivity contribution is 1.26. The molecule has 0 bridgehead atoms. The Labute approximate surface area is 51.0 Å². The van der Waals surface area contributed by atoms with Gasteiger partial charge in [-0.15, -0.1) is 0 Å². The zero-order valence-electron chi connectivity index (χ0n) is 3.73. The highest BCUT2D eigenvalue weighted by atomic mass is 35.5. The van der Waals surface area contributed by atoms with Crippen molar-refractivity contribution in [1.29, 1.82) is 0 Å². The molecule has 0 spiro atoms. The molecule has 0 aliphatic carbocycles. The van der Waals surface area contributed by atoms with E-state index in [0.717, 1.165) is 10.0 Å². The number of halogens is 1. The van der Waals surface area contributed by atoms with Gasteiger partial charge in [0, 0.05) is 0 Å². The highest BCUT2D eigenvalue weighted by Gasteiger charge is 1.92. The minimum Gasteiger partial charge on any atom is -0.237 e. The minimum atomic E-state index is 0.736. The van der Waals surface area contributed by atoms with E-state index >= 15 is 0 Å². The van der Waals surface area contributed by atoms with Crippen molar-refractivity contribution in [2.45, 2.75) is 6.92 Å². The van der Waals surface area contributed by atoms with Crippen LogP contribution in [0.2, 0.25) is 4.34 Å². The van der Waals surface area contributed by atoms with E-state index in [9.17, 15) is 0 Å². The van der Waals surface area contributed by atoms with Crippen molar-refractivity contribution in [3.8, 4) is 0 Å². The molecule has 1 aromatic heterocycles. The Morgan fingerprint density at radius 2 is 2.57 bits per heavy atom. The maximum absolute atomic E-state index is 5.55. The fourth-order valence-corrected chi connectivity index (χ4v) is 0.851. The molecule has 0 fully saturated rings. The molecule has 1 heterocycles. The first-order valence-electron chi connectivity index (χ1n) is 1.79. The summed E-state index contributed by atoms with van der Waals surface area (Å²) in [5, 5.41) is 0. The summed E-state index contributed by atoms with van der Waals surface area (Å²) < 4.78 is 0.736. The highest BCUT2D eigenvalue weighted by Crippen LogP contribution is 2.16. The van der Waals surface area contributed by atoms with Crippen molar-refractivity contribution in [3.63, 3.8) is 0 Å². The lowest BCUT2D eigenvalue weighted by atomic mass is 10.6. The Kier molecular flexibility index (Phi) is 1.30. The molecule has 7 heavy (non-hydrogen) atoms. The maximum Gasteiger partial charge on any atom is 0.153 e. The van der Waals surface area contributed by atoms with Gasteiger partial charge in [0.05, 0.1) is 5.69 Å². The first kappa shape index (κ1) is 5.06. The van der Waals surface area contributed by atoms with Crippen molar-refractivity contribution >= 4 is 22.9 Å². The molecule has 0 unspecified atom stereocenters. The molecular weight excluding hydrogens is 130 g/mol. The molecule has 1 aromatic rings. The molecular formula is C4H3ClNS. The van der Waals surface area contributed by atoms with Crippen LogP contribution in [0.15, 0.2) is 0 Å². The van der Waals surface area contributed by atoms with Crippen LogP contribution in [0.3, 0.4) is 0 Å². The van der Waals surface area contributed by atoms with Crippen LogP contribution < -0.4 is 0 Å². The Morgan fingerprint density at radius 3 is 2.71 bits per heavy atom. The molecule has 0 aromatic carbocycles. The van der Waals surface area contributed by atoms with Crippen LogP contribution in [0.5, 0.6) is 0 Å². The van der Waals surface area contributed by atoms with E-state index in [1.54, 1.807) is 0 Å². The molecule has 1 nitrogen and oxygen atoms in total. The summed E-state index contributed by atoms with van der Waals surface area (Å²) in [7, 11) is 0. The van der Waals surface area contributed by atoms with Gasteiger partial charge in [-0.05, 0) is 6.92 Å². The summed E-state index contributed by atoms with van der Waals surface area (Å²) in [4.78, 5) is 3.78. The third-order valence-electron chi connectivity index (χ3n) is 0.633. The Balaban J connectivity index is 3.12. The number of rotatable bonds is 0. The monoisotopic (exact) mass is 132 g/mol. The molecule has 0 aliphatic heterocycles. The van der Waals surface area contributed by atoms with Crippen LogP contribution in [0.1, 0.15) is 5.69 Å². The first-order chi connectivity index (χ1) is 3.30.